The minimum atomic E-state index is 0.203. The second kappa shape index (κ2) is 10.2. The van der Waals surface area contributed by atoms with Crippen LogP contribution in [0, 0.1) is 13.8 Å². The molecule has 0 spiro atoms. The summed E-state index contributed by atoms with van der Waals surface area (Å²) >= 11 is 1.77. The van der Waals surface area contributed by atoms with Crippen LogP contribution in [0.15, 0.2) is 29.3 Å². The molecule has 1 aromatic heterocycles. The summed E-state index contributed by atoms with van der Waals surface area (Å²) in [5.41, 5.74) is 2.41. The third kappa shape index (κ3) is 6.67. The first-order valence-electron chi connectivity index (χ1n) is 9.11. The zero-order valence-electron chi connectivity index (χ0n) is 16.4. The lowest BCUT2D eigenvalue weighted by Crippen LogP contribution is -2.39. The molecule has 26 heavy (non-hydrogen) atoms. The van der Waals surface area contributed by atoms with Crippen LogP contribution in [0.1, 0.15) is 35.0 Å². The van der Waals surface area contributed by atoms with Gasteiger partial charge in [0.15, 0.2) is 5.96 Å². The van der Waals surface area contributed by atoms with Gasteiger partial charge in [0.1, 0.15) is 5.75 Å². The Bertz CT molecular complexity index is 688. The quantitative estimate of drug-likeness (QED) is 0.548. The number of aliphatic imine (C=N–C) groups is 1. The van der Waals surface area contributed by atoms with E-state index in [4.69, 9.17) is 4.74 Å². The van der Waals surface area contributed by atoms with Crippen molar-refractivity contribution in [1.29, 1.82) is 0 Å². The summed E-state index contributed by atoms with van der Waals surface area (Å²) in [5.74, 6) is 1.75. The number of hydrogen-bond donors (Lipinski definition) is 2. The zero-order valence-corrected chi connectivity index (χ0v) is 17.2. The van der Waals surface area contributed by atoms with Gasteiger partial charge in [0, 0.05) is 31.4 Å². The van der Waals surface area contributed by atoms with Crippen molar-refractivity contribution >= 4 is 17.3 Å². The third-order valence-electron chi connectivity index (χ3n) is 3.93. The van der Waals surface area contributed by atoms with Crippen molar-refractivity contribution < 1.29 is 4.74 Å². The van der Waals surface area contributed by atoms with E-state index >= 15 is 0 Å². The molecule has 0 bridgehead atoms. The summed E-state index contributed by atoms with van der Waals surface area (Å²) in [5, 5.41) is 7.88. The minimum absolute atomic E-state index is 0.203. The van der Waals surface area contributed by atoms with Gasteiger partial charge in [0.05, 0.1) is 16.8 Å². The molecule has 142 valence electrons. The first-order chi connectivity index (χ1) is 12.5. The monoisotopic (exact) mass is 374 g/mol. The van der Waals surface area contributed by atoms with E-state index in [0.29, 0.717) is 0 Å². The van der Waals surface area contributed by atoms with Gasteiger partial charge in [-0.05, 0) is 51.8 Å². The summed E-state index contributed by atoms with van der Waals surface area (Å²) in [6, 6.07) is 8.28. The standard InChI is InChI=1S/C20H30N4OS/c1-14(2)25-18-8-6-17(7-9-18)10-12-22-20(21-5)23-13-11-19-24-15(3)16(4)26-19/h6-9,14H,10-13H2,1-5H3,(H2,21,22,23). The van der Waals surface area contributed by atoms with E-state index in [2.05, 4.69) is 46.6 Å². The van der Waals surface area contributed by atoms with Crippen molar-refractivity contribution in [3.05, 3.63) is 45.4 Å². The van der Waals surface area contributed by atoms with E-state index in [1.54, 1.807) is 18.4 Å². The molecular weight excluding hydrogens is 344 g/mol. The van der Waals surface area contributed by atoms with Crippen molar-refractivity contribution in [2.24, 2.45) is 4.99 Å². The number of rotatable bonds is 8. The van der Waals surface area contributed by atoms with Crippen LogP contribution in [0.4, 0.5) is 0 Å². The fourth-order valence-electron chi connectivity index (χ4n) is 2.49. The predicted octanol–water partition coefficient (Wildman–Crippen LogP) is 3.50. The lowest BCUT2D eigenvalue weighted by Gasteiger charge is -2.12. The predicted molar refractivity (Wildman–Crippen MR) is 111 cm³/mol. The number of hydrogen-bond acceptors (Lipinski definition) is 4. The number of benzene rings is 1. The second-order valence-corrected chi connectivity index (χ2v) is 7.77. The molecule has 0 unspecified atom stereocenters. The van der Waals surface area contributed by atoms with Gasteiger partial charge in [-0.2, -0.15) is 0 Å². The summed E-state index contributed by atoms with van der Waals surface area (Å²) in [7, 11) is 1.80. The van der Waals surface area contributed by atoms with E-state index in [0.717, 1.165) is 43.3 Å². The molecule has 0 amide bonds. The summed E-state index contributed by atoms with van der Waals surface area (Å²) in [6.07, 6.45) is 2.05. The highest BCUT2D eigenvalue weighted by Gasteiger charge is 2.04. The van der Waals surface area contributed by atoms with Gasteiger partial charge in [-0.1, -0.05) is 12.1 Å². The molecule has 0 aliphatic heterocycles. The molecule has 5 nitrogen and oxygen atoms in total. The van der Waals surface area contributed by atoms with Crippen molar-refractivity contribution in [2.45, 2.75) is 46.6 Å². The maximum atomic E-state index is 5.67. The first kappa shape index (κ1) is 20.2. The highest BCUT2D eigenvalue weighted by Crippen LogP contribution is 2.16. The number of aromatic nitrogens is 1. The van der Waals surface area contributed by atoms with Crippen LogP contribution in [0.2, 0.25) is 0 Å². The van der Waals surface area contributed by atoms with Crippen LogP contribution in [0.5, 0.6) is 5.75 Å². The van der Waals surface area contributed by atoms with Crippen LogP contribution in [0.25, 0.3) is 0 Å². The molecule has 2 N–H and O–H groups in total. The van der Waals surface area contributed by atoms with Crippen molar-refractivity contribution in [1.82, 2.24) is 15.6 Å². The fraction of sp³-hybridized carbons (Fsp3) is 0.500. The first-order valence-corrected chi connectivity index (χ1v) is 9.92. The average Bonchev–Trinajstić information content (AvgIpc) is 2.92. The number of aryl methyl sites for hydroxylation is 2. The van der Waals surface area contributed by atoms with E-state index in [-0.39, 0.29) is 6.10 Å². The topological polar surface area (TPSA) is 58.5 Å². The molecule has 0 saturated carbocycles. The number of ether oxygens (including phenoxy) is 1. The number of nitrogens with one attached hydrogen (secondary N) is 2. The van der Waals surface area contributed by atoms with Crippen LogP contribution >= 0.6 is 11.3 Å². The summed E-state index contributed by atoms with van der Waals surface area (Å²) in [4.78, 5) is 10.1. The molecule has 1 heterocycles. The zero-order chi connectivity index (χ0) is 18.9. The molecule has 0 atom stereocenters. The van der Waals surface area contributed by atoms with E-state index < -0.39 is 0 Å². The highest BCUT2D eigenvalue weighted by atomic mass is 32.1. The number of nitrogens with zero attached hydrogens (tertiary/aromatic N) is 2. The van der Waals surface area contributed by atoms with Gasteiger partial charge in [-0.15, -0.1) is 11.3 Å². The van der Waals surface area contributed by atoms with Gasteiger partial charge in [0.2, 0.25) is 0 Å². The maximum absolute atomic E-state index is 5.67. The third-order valence-corrected chi connectivity index (χ3v) is 5.06. The van der Waals surface area contributed by atoms with Gasteiger partial charge in [-0.25, -0.2) is 4.98 Å². The Morgan fingerprint density at radius 2 is 1.77 bits per heavy atom. The average molecular weight is 375 g/mol. The Morgan fingerprint density at radius 3 is 2.31 bits per heavy atom. The lowest BCUT2D eigenvalue weighted by molar-refractivity contribution is 0.242. The van der Waals surface area contributed by atoms with Crippen LogP contribution in [-0.4, -0.2) is 37.2 Å². The van der Waals surface area contributed by atoms with Crippen LogP contribution < -0.4 is 15.4 Å². The lowest BCUT2D eigenvalue weighted by atomic mass is 10.1. The molecule has 6 heteroatoms. The van der Waals surface area contributed by atoms with Gasteiger partial charge < -0.3 is 15.4 Å². The molecule has 0 aliphatic carbocycles. The Hall–Kier alpha value is -2.08. The fourth-order valence-corrected chi connectivity index (χ4v) is 3.42. The van der Waals surface area contributed by atoms with Crippen molar-refractivity contribution in [2.75, 3.05) is 20.1 Å². The van der Waals surface area contributed by atoms with E-state index in [1.807, 2.05) is 26.0 Å². The highest BCUT2D eigenvalue weighted by molar-refractivity contribution is 7.11. The van der Waals surface area contributed by atoms with E-state index in [1.165, 1.54) is 15.4 Å². The Balaban J connectivity index is 1.69. The Morgan fingerprint density at radius 1 is 1.12 bits per heavy atom. The molecule has 2 aromatic rings. The Kier molecular flexibility index (Phi) is 7.91. The van der Waals surface area contributed by atoms with Gasteiger partial charge >= 0.3 is 0 Å². The molecule has 1 aromatic carbocycles. The Labute approximate surface area is 160 Å². The summed E-state index contributed by atoms with van der Waals surface area (Å²) in [6.45, 7) is 9.91. The van der Waals surface area contributed by atoms with Gasteiger partial charge in [0.25, 0.3) is 0 Å². The summed E-state index contributed by atoms with van der Waals surface area (Å²) < 4.78 is 5.67. The molecule has 0 fully saturated rings. The molecular formula is C20H30N4OS. The normalized spacial score (nSPS) is 11.7. The molecule has 2 rings (SSSR count). The van der Waals surface area contributed by atoms with Crippen LogP contribution in [-0.2, 0) is 12.8 Å². The second-order valence-electron chi connectivity index (χ2n) is 6.49. The SMILES string of the molecule is CN=C(NCCc1ccc(OC(C)C)cc1)NCCc1nc(C)c(C)s1. The molecule has 0 aliphatic rings. The minimum Gasteiger partial charge on any atom is -0.491 e. The van der Waals surface area contributed by atoms with Crippen LogP contribution in [0.3, 0.4) is 0 Å². The largest absolute Gasteiger partial charge is 0.491 e. The van der Waals surface area contributed by atoms with Crippen molar-refractivity contribution in [3.63, 3.8) is 0 Å². The molecule has 0 radical (unpaired) electrons. The van der Waals surface area contributed by atoms with Crippen molar-refractivity contribution in [3.8, 4) is 5.75 Å². The number of guanidine groups is 1. The van der Waals surface area contributed by atoms with Gasteiger partial charge in [-0.3, -0.25) is 4.99 Å². The van der Waals surface area contributed by atoms with E-state index in [9.17, 15) is 0 Å². The molecule has 0 saturated heterocycles. The smallest absolute Gasteiger partial charge is 0.191 e. The number of thiazole rings is 1. The maximum Gasteiger partial charge on any atom is 0.191 e.